The molecular weight excluding hydrogens is 302 g/mol. The molecule has 1 nitrogen and oxygen atoms in total. The van der Waals surface area contributed by atoms with Gasteiger partial charge in [0, 0.05) is 6.54 Å². The smallest absolute Gasteiger partial charge is 0.0233 e. The van der Waals surface area contributed by atoms with Gasteiger partial charge >= 0.3 is 0 Å². The molecule has 0 aliphatic carbocycles. The van der Waals surface area contributed by atoms with Gasteiger partial charge in [0.1, 0.15) is 0 Å². The summed E-state index contributed by atoms with van der Waals surface area (Å²) < 4.78 is 0. The highest BCUT2D eigenvalue weighted by Crippen LogP contribution is 2.29. The highest BCUT2D eigenvalue weighted by Gasteiger charge is 2.20. The van der Waals surface area contributed by atoms with E-state index in [-0.39, 0.29) is 0 Å². The van der Waals surface area contributed by atoms with Crippen LogP contribution >= 0.6 is 0 Å². The molecule has 0 saturated carbocycles. The summed E-state index contributed by atoms with van der Waals surface area (Å²) in [7, 11) is 0. The van der Waals surface area contributed by atoms with E-state index in [4.69, 9.17) is 0 Å². The number of benzene rings is 3. The Morgan fingerprint density at radius 3 is 2.04 bits per heavy atom. The molecule has 0 radical (unpaired) electrons. The molecule has 0 bridgehead atoms. The normalized spacial score (nSPS) is 16.0. The molecule has 1 heteroatoms. The summed E-state index contributed by atoms with van der Waals surface area (Å²) in [4.78, 5) is 2.60. The minimum absolute atomic E-state index is 0.730. The molecule has 0 unspecified atom stereocenters. The third kappa shape index (κ3) is 4.00. The van der Waals surface area contributed by atoms with Gasteiger partial charge in [0.05, 0.1) is 0 Å². The Kier molecular flexibility index (Phi) is 4.94. The molecule has 1 heterocycles. The van der Waals surface area contributed by atoms with E-state index in [2.05, 4.69) is 89.8 Å². The fourth-order valence-corrected chi connectivity index (χ4v) is 3.89. The van der Waals surface area contributed by atoms with Crippen LogP contribution in [0.15, 0.2) is 84.9 Å². The predicted molar refractivity (Wildman–Crippen MR) is 106 cm³/mol. The fourth-order valence-electron chi connectivity index (χ4n) is 3.89. The van der Waals surface area contributed by atoms with Crippen molar-refractivity contribution in [1.29, 1.82) is 0 Å². The summed E-state index contributed by atoms with van der Waals surface area (Å²) in [5.74, 6) is 0.730. The first-order valence-corrected chi connectivity index (χ1v) is 9.30. The van der Waals surface area contributed by atoms with Crippen LogP contribution in [0.2, 0.25) is 0 Å². The SMILES string of the molecule is c1ccc(-c2cccc(CN3CCC(c4ccccc4)CC3)c2)cc1. The predicted octanol–water partition coefficient (Wildman–Crippen LogP) is 5.73. The third-order valence-corrected chi connectivity index (χ3v) is 5.30. The lowest BCUT2D eigenvalue weighted by Gasteiger charge is -2.32. The van der Waals surface area contributed by atoms with E-state index in [1.807, 2.05) is 0 Å². The first kappa shape index (κ1) is 16.1. The monoisotopic (exact) mass is 327 g/mol. The molecule has 0 spiro atoms. The largest absolute Gasteiger partial charge is 0.299 e. The van der Waals surface area contributed by atoms with Crippen LogP contribution in [0, 0.1) is 0 Å². The lowest BCUT2D eigenvalue weighted by atomic mass is 9.89. The second-order valence-electron chi connectivity index (χ2n) is 7.03. The van der Waals surface area contributed by atoms with Gasteiger partial charge in [0.15, 0.2) is 0 Å². The Morgan fingerprint density at radius 2 is 1.32 bits per heavy atom. The Bertz CT molecular complexity index is 787. The van der Waals surface area contributed by atoms with Crippen LogP contribution in [0.3, 0.4) is 0 Å². The summed E-state index contributed by atoms with van der Waals surface area (Å²) in [6, 6.07) is 30.7. The van der Waals surface area contributed by atoms with Crippen molar-refractivity contribution in [1.82, 2.24) is 4.90 Å². The molecule has 126 valence electrons. The van der Waals surface area contributed by atoms with Crippen LogP contribution in [-0.2, 0) is 6.54 Å². The van der Waals surface area contributed by atoms with Crippen LogP contribution in [0.4, 0.5) is 0 Å². The van der Waals surface area contributed by atoms with Crippen LogP contribution in [0.1, 0.15) is 29.9 Å². The lowest BCUT2D eigenvalue weighted by molar-refractivity contribution is 0.204. The van der Waals surface area contributed by atoms with Gasteiger partial charge in [0.2, 0.25) is 0 Å². The first-order chi connectivity index (χ1) is 12.4. The molecule has 1 saturated heterocycles. The van der Waals surface area contributed by atoms with Gasteiger partial charge in [-0.25, -0.2) is 0 Å². The van der Waals surface area contributed by atoms with Gasteiger partial charge in [-0.2, -0.15) is 0 Å². The highest BCUT2D eigenvalue weighted by atomic mass is 15.1. The standard InChI is InChI=1S/C24H25N/c1-3-9-21(10-4-1)23-14-16-25(17-15-23)19-20-8-7-13-24(18-20)22-11-5-2-6-12-22/h1-13,18,23H,14-17,19H2. The van der Waals surface area contributed by atoms with Gasteiger partial charge in [-0.3, -0.25) is 4.90 Å². The summed E-state index contributed by atoms with van der Waals surface area (Å²) in [5, 5.41) is 0. The highest BCUT2D eigenvalue weighted by molar-refractivity contribution is 5.63. The maximum Gasteiger partial charge on any atom is 0.0233 e. The zero-order valence-electron chi connectivity index (χ0n) is 14.6. The van der Waals surface area contributed by atoms with E-state index in [1.54, 1.807) is 0 Å². The average molecular weight is 327 g/mol. The molecular formula is C24H25N. The number of piperidine rings is 1. The van der Waals surface area contributed by atoms with Gasteiger partial charge in [-0.05, 0) is 60.2 Å². The Labute approximate surface area is 150 Å². The zero-order chi connectivity index (χ0) is 16.9. The van der Waals surface area contributed by atoms with Crippen LogP contribution < -0.4 is 0 Å². The summed E-state index contributed by atoms with van der Waals surface area (Å²) in [5.41, 5.74) is 5.54. The van der Waals surface area contributed by atoms with E-state index in [9.17, 15) is 0 Å². The maximum absolute atomic E-state index is 2.60. The van der Waals surface area contributed by atoms with Crippen LogP contribution in [0.5, 0.6) is 0 Å². The van der Waals surface area contributed by atoms with Crippen molar-refractivity contribution in [3.63, 3.8) is 0 Å². The van der Waals surface area contributed by atoms with Crippen molar-refractivity contribution < 1.29 is 0 Å². The number of hydrogen-bond donors (Lipinski definition) is 0. The molecule has 3 aromatic carbocycles. The molecule has 25 heavy (non-hydrogen) atoms. The van der Waals surface area contributed by atoms with Crippen LogP contribution in [0.25, 0.3) is 11.1 Å². The molecule has 0 amide bonds. The maximum atomic E-state index is 2.60. The minimum atomic E-state index is 0.730. The third-order valence-electron chi connectivity index (χ3n) is 5.30. The zero-order valence-corrected chi connectivity index (χ0v) is 14.6. The average Bonchev–Trinajstić information content (AvgIpc) is 2.70. The van der Waals surface area contributed by atoms with E-state index < -0.39 is 0 Å². The minimum Gasteiger partial charge on any atom is -0.299 e. The molecule has 0 atom stereocenters. The van der Waals surface area contributed by atoms with Crippen molar-refractivity contribution in [3.8, 4) is 11.1 Å². The molecule has 0 N–H and O–H groups in total. The van der Waals surface area contributed by atoms with E-state index in [1.165, 1.54) is 48.2 Å². The first-order valence-electron chi connectivity index (χ1n) is 9.30. The number of nitrogens with zero attached hydrogens (tertiary/aromatic N) is 1. The molecule has 0 aromatic heterocycles. The summed E-state index contributed by atoms with van der Waals surface area (Å²) in [6.07, 6.45) is 2.53. The van der Waals surface area contributed by atoms with Gasteiger partial charge in [0.25, 0.3) is 0 Å². The molecule has 3 aromatic rings. The molecule has 1 aliphatic heterocycles. The van der Waals surface area contributed by atoms with Crippen molar-refractivity contribution in [2.45, 2.75) is 25.3 Å². The van der Waals surface area contributed by atoms with E-state index in [0.29, 0.717) is 0 Å². The Balaban J connectivity index is 1.39. The van der Waals surface area contributed by atoms with E-state index >= 15 is 0 Å². The topological polar surface area (TPSA) is 3.24 Å². The van der Waals surface area contributed by atoms with Crippen LogP contribution in [-0.4, -0.2) is 18.0 Å². The molecule has 1 fully saturated rings. The lowest BCUT2D eigenvalue weighted by Crippen LogP contribution is -2.32. The van der Waals surface area contributed by atoms with Crippen molar-refractivity contribution in [3.05, 3.63) is 96.1 Å². The van der Waals surface area contributed by atoms with E-state index in [0.717, 1.165) is 12.5 Å². The quantitative estimate of drug-likeness (QED) is 0.591. The number of likely N-dealkylation sites (tertiary alicyclic amines) is 1. The fraction of sp³-hybridized carbons (Fsp3) is 0.250. The Hall–Kier alpha value is -2.38. The Morgan fingerprint density at radius 1 is 0.680 bits per heavy atom. The van der Waals surface area contributed by atoms with Gasteiger partial charge < -0.3 is 0 Å². The molecule has 4 rings (SSSR count). The van der Waals surface area contributed by atoms with Crippen molar-refractivity contribution in [2.75, 3.05) is 13.1 Å². The van der Waals surface area contributed by atoms with Gasteiger partial charge in [-0.15, -0.1) is 0 Å². The second-order valence-corrected chi connectivity index (χ2v) is 7.03. The van der Waals surface area contributed by atoms with Crippen molar-refractivity contribution in [2.24, 2.45) is 0 Å². The number of rotatable bonds is 4. The van der Waals surface area contributed by atoms with Gasteiger partial charge in [-0.1, -0.05) is 78.9 Å². The second kappa shape index (κ2) is 7.67. The molecule has 1 aliphatic rings. The summed E-state index contributed by atoms with van der Waals surface area (Å²) >= 11 is 0. The summed E-state index contributed by atoms with van der Waals surface area (Å²) in [6.45, 7) is 3.44. The number of hydrogen-bond acceptors (Lipinski definition) is 1. The van der Waals surface area contributed by atoms with Crippen molar-refractivity contribution >= 4 is 0 Å².